The maximum Gasteiger partial charge on any atom is 0.224 e. The molecule has 1 heterocycles. The number of carbonyl (C=O) groups is 1. The average molecular weight is 459 g/mol. The van der Waals surface area contributed by atoms with Gasteiger partial charge < -0.3 is 10.6 Å². The first-order chi connectivity index (χ1) is 16.5. The van der Waals surface area contributed by atoms with E-state index in [1.165, 1.54) is 11.1 Å². The minimum Gasteiger partial charge on any atom is -0.390 e. The largest absolute Gasteiger partial charge is 0.390 e. The Hall–Kier alpha value is -2.89. The number of amides is 1. The van der Waals surface area contributed by atoms with Crippen LogP contribution in [0.2, 0.25) is 0 Å². The molecular formula is C29H38N4O. The van der Waals surface area contributed by atoms with E-state index in [0.717, 1.165) is 50.4 Å². The Morgan fingerprint density at radius 3 is 2.09 bits per heavy atom. The van der Waals surface area contributed by atoms with E-state index in [9.17, 15) is 4.79 Å². The minimum atomic E-state index is -0.0710. The van der Waals surface area contributed by atoms with Gasteiger partial charge in [0.15, 0.2) is 0 Å². The Morgan fingerprint density at radius 1 is 0.971 bits per heavy atom. The molecule has 1 unspecified atom stereocenters. The van der Waals surface area contributed by atoms with Gasteiger partial charge in [0, 0.05) is 57.3 Å². The van der Waals surface area contributed by atoms with Crippen LogP contribution >= 0.6 is 0 Å². The molecule has 1 fully saturated rings. The summed E-state index contributed by atoms with van der Waals surface area (Å²) in [6.45, 7) is 8.37. The molecule has 4 rings (SSSR count). The van der Waals surface area contributed by atoms with Crippen molar-refractivity contribution in [3.05, 3.63) is 95.3 Å². The van der Waals surface area contributed by atoms with Gasteiger partial charge in [0.25, 0.3) is 0 Å². The van der Waals surface area contributed by atoms with Crippen LogP contribution < -0.4 is 10.6 Å². The molecule has 5 heteroatoms. The molecule has 2 aromatic carbocycles. The highest BCUT2D eigenvalue weighted by Crippen LogP contribution is 2.34. The van der Waals surface area contributed by atoms with E-state index in [1.54, 1.807) is 0 Å². The first-order valence-electron chi connectivity index (χ1n) is 12.5. The predicted molar refractivity (Wildman–Crippen MR) is 139 cm³/mol. The molecule has 2 aromatic rings. The van der Waals surface area contributed by atoms with E-state index >= 15 is 0 Å². The molecule has 2 aliphatic rings. The number of piperazine rings is 1. The number of hydrogen-bond acceptors (Lipinski definition) is 4. The molecule has 1 amide bonds. The zero-order chi connectivity index (χ0) is 24.0. The molecule has 1 atom stereocenters. The summed E-state index contributed by atoms with van der Waals surface area (Å²) in [5, 5.41) is 6.43. The number of hydrogen-bond donors (Lipinski definition) is 2. The zero-order valence-corrected chi connectivity index (χ0v) is 20.8. The van der Waals surface area contributed by atoms with E-state index in [2.05, 4.69) is 100 Å². The van der Waals surface area contributed by atoms with Crippen molar-refractivity contribution in [2.75, 3.05) is 33.2 Å². The van der Waals surface area contributed by atoms with Crippen molar-refractivity contribution in [2.24, 2.45) is 0 Å². The lowest BCUT2D eigenvalue weighted by Gasteiger charge is -2.47. The van der Waals surface area contributed by atoms with Gasteiger partial charge in [0.05, 0.1) is 11.7 Å². The minimum absolute atomic E-state index is 0.0710. The maximum absolute atomic E-state index is 12.1. The van der Waals surface area contributed by atoms with Crippen molar-refractivity contribution < 1.29 is 4.79 Å². The van der Waals surface area contributed by atoms with Crippen LogP contribution in [0.15, 0.2) is 84.2 Å². The molecule has 0 aromatic heterocycles. The second-order valence-corrected chi connectivity index (χ2v) is 9.55. The van der Waals surface area contributed by atoms with E-state index in [1.807, 2.05) is 14.0 Å². The fourth-order valence-corrected chi connectivity index (χ4v) is 5.25. The lowest BCUT2D eigenvalue weighted by molar-refractivity contribution is -0.120. The zero-order valence-electron chi connectivity index (χ0n) is 20.8. The third-order valence-corrected chi connectivity index (χ3v) is 7.15. The molecule has 0 radical (unpaired) electrons. The molecule has 1 saturated heterocycles. The highest BCUT2D eigenvalue weighted by molar-refractivity contribution is 5.78. The third-order valence-electron chi connectivity index (χ3n) is 7.15. The van der Waals surface area contributed by atoms with Gasteiger partial charge in [-0.2, -0.15) is 0 Å². The van der Waals surface area contributed by atoms with Crippen LogP contribution in [0.4, 0.5) is 0 Å². The molecule has 0 bridgehead atoms. The van der Waals surface area contributed by atoms with Crippen LogP contribution in [-0.2, 0) is 4.79 Å². The van der Waals surface area contributed by atoms with E-state index in [0.29, 0.717) is 6.42 Å². The van der Waals surface area contributed by atoms with E-state index < -0.39 is 0 Å². The summed E-state index contributed by atoms with van der Waals surface area (Å²) in [6, 6.07) is 22.0. The van der Waals surface area contributed by atoms with Crippen LogP contribution in [0.25, 0.3) is 0 Å². The van der Waals surface area contributed by atoms with Gasteiger partial charge >= 0.3 is 0 Å². The summed E-state index contributed by atoms with van der Waals surface area (Å²) < 4.78 is 0. The van der Waals surface area contributed by atoms with Crippen molar-refractivity contribution in [2.45, 2.75) is 44.7 Å². The monoisotopic (exact) mass is 458 g/mol. The SMILES string of the molecule is CCCC(=O)NC1=C(NC)CC(C)(N2CCN(C(c3ccccc3)c3ccccc3)CC2)C=C1. The Bertz CT molecular complexity index is 969. The third kappa shape index (κ3) is 5.43. The van der Waals surface area contributed by atoms with E-state index in [-0.39, 0.29) is 17.5 Å². The highest BCUT2D eigenvalue weighted by atomic mass is 16.1. The summed E-state index contributed by atoms with van der Waals surface area (Å²) in [5.41, 5.74) is 4.63. The number of nitrogens with one attached hydrogen (secondary N) is 2. The summed E-state index contributed by atoms with van der Waals surface area (Å²) in [5.74, 6) is 0.0833. The smallest absolute Gasteiger partial charge is 0.224 e. The fourth-order valence-electron chi connectivity index (χ4n) is 5.25. The Kier molecular flexibility index (Phi) is 7.86. The topological polar surface area (TPSA) is 47.6 Å². The van der Waals surface area contributed by atoms with Crippen LogP contribution in [0.5, 0.6) is 0 Å². The average Bonchev–Trinajstić information content (AvgIpc) is 2.87. The standard InChI is InChI=1S/C29H38N4O/c1-4-11-27(34)31-25-16-17-29(2,22-26(25)30-3)33-20-18-32(19-21-33)28(23-12-7-5-8-13-23)24-14-9-6-10-15-24/h5-10,12-17,28,30H,4,11,18-22H2,1-3H3,(H,31,34). The lowest BCUT2D eigenvalue weighted by Crippen LogP contribution is -2.56. The Balaban J connectivity index is 1.46. The molecule has 1 aliphatic carbocycles. The van der Waals surface area contributed by atoms with Crippen molar-refractivity contribution in [3.8, 4) is 0 Å². The molecule has 5 nitrogen and oxygen atoms in total. The number of nitrogens with zero attached hydrogens (tertiary/aromatic N) is 2. The van der Waals surface area contributed by atoms with Crippen LogP contribution in [0.1, 0.15) is 50.3 Å². The van der Waals surface area contributed by atoms with E-state index in [4.69, 9.17) is 0 Å². The number of benzene rings is 2. The van der Waals surface area contributed by atoms with Crippen molar-refractivity contribution >= 4 is 5.91 Å². The second kappa shape index (κ2) is 11.0. The van der Waals surface area contributed by atoms with Gasteiger partial charge in [-0.1, -0.05) is 73.7 Å². The Morgan fingerprint density at radius 2 is 1.56 bits per heavy atom. The normalized spacial score (nSPS) is 21.6. The molecule has 0 spiro atoms. The van der Waals surface area contributed by atoms with Crippen molar-refractivity contribution in [3.63, 3.8) is 0 Å². The first-order valence-corrected chi connectivity index (χ1v) is 12.5. The molecule has 1 aliphatic heterocycles. The molecule has 34 heavy (non-hydrogen) atoms. The van der Waals surface area contributed by atoms with Gasteiger partial charge in [-0.3, -0.25) is 14.6 Å². The van der Waals surface area contributed by atoms with Crippen LogP contribution in [0.3, 0.4) is 0 Å². The fraction of sp³-hybridized carbons (Fsp3) is 0.414. The Labute approximate surface area is 204 Å². The van der Waals surface area contributed by atoms with Gasteiger partial charge in [0.2, 0.25) is 5.91 Å². The lowest BCUT2D eigenvalue weighted by atomic mass is 9.87. The highest BCUT2D eigenvalue weighted by Gasteiger charge is 2.37. The second-order valence-electron chi connectivity index (χ2n) is 9.55. The van der Waals surface area contributed by atoms with Crippen molar-refractivity contribution in [1.29, 1.82) is 0 Å². The molecular weight excluding hydrogens is 420 g/mol. The van der Waals surface area contributed by atoms with Gasteiger partial charge in [-0.25, -0.2) is 0 Å². The van der Waals surface area contributed by atoms with Crippen molar-refractivity contribution in [1.82, 2.24) is 20.4 Å². The van der Waals surface area contributed by atoms with Gasteiger partial charge in [0.1, 0.15) is 0 Å². The van der Waals surface area contributed by atoms with Gasteiger partial charge in [-0.05, 0) is 30.5 Å². The number of allylic oxidation sites excluding steroid dienone is 1. The summed E-state index contributed by atoms with van der Waals surface area (Å²) in [4.78, 5) is 17.4. The molecule has 0 saturated carbocycles. The first kappa shape index (κ1) is 24.2. The summed E-state index contributed by atoms with van der Waals surface area (Å²) in [6.07, 6.45) is 6.63. The molecule has 180 valence electrons. The molecule has 2 N–H and O–H groups in total. The quantitative estimate of drug-likeness (QED) is 0.613. The van der Waals surface area contributed by atoms with Crippen LogP contribution in [-0.4, -0.2) is 54.5 Å². The summed E-state index contributed by atoms with van der Waals surface area (Å²) >= 11 is 0. The number of carbonyl (C=O) groups excluding carboxylic acids is 1. The maximum atomic E-state index is 12.1. The predicted octanol–water partition coefficient (Wildman–Crippen LogP) is 4.46. The van der Waals surface area contributed by atoms with Crippen LogP contribution in [0, 0.1) is 0 Å². The summed E-state index contributed by atoms with van der Waals surface area (Å²) in [7, 11) is 1.95. The van der Waals surface area contributed by atoms with Gasteiger partial charge in [-0.15, -0.1) is 0 Å². The number of rotatable bonds is 8.